The Kier molecular flexibility index (Phi) is 3.75. The summed E-state index contributed by atoms with van der Waals surface area (Å²) in [6.07, 6.45) is 1.56. The third-order valence-corrected chi connectivity index (χ3v) is 4.07. The van der Waals surface area contributed by atoms with Crippen LogP contribution in [-0.4, -0.2) is 16.0 Å². The van der Waals surface area contributed by atoms with Crippen molar-refractivity contribution in [2.75, 3.05) is 0 Å². The van der Waals surface area contributed by atoms with E-state index in [0.29, 0.717) is 27.6 Å². The van der Waals surface area contributed by atoms with E-state index in [-0.39, 0.29) is 16.8 Å². The Bertz CT molecular complexity index is 869. The summed E-state index contributed by atoms with van der Waals surface area (Å²) in [5.41, 5.74) is 1.32. The first kappa shape index (κ1) is 15.0. The second kappa shape index (κ2) is 5.73. The molecule has 1 saturated heterocycles. The van der Waals surface area contributed by atoms with Gasteiger partial charge in [0.05, 0.1) is 9.83 Å². The highest BCUT2D eigenvalue weighted by atomic mass is 32.2. The van der Waals surface area contributed by atoms with E-state index in [1.54, 1.807) is 37.3 Å². The van der Waals surface area contributed by atoms with Crippen LogP contribution in [0.5, 0.6) is 0 Å². The van der Waals surface area contributed by atoms with E-state index in [0.717, 1.165) is 11.8 Å². The molecule has 0 atom stereocenters. The highest BCUT2D eigenvalue weighted by Crippen LogP contribution is 2.30. The van der Waals surface area contributed by atoms with Crippen molar-refractivity contribution in [3.63, 3.8) is 0 Å². The van der Waals surface area contributed by atoms with Crippen molar-refractivity contribution < 1.29 is 14.1 Å². The van der Waals surface area contributed by atoms with E-state index < -0.39 is 4.92 Å². The average Bonchev–Trinajstić information content (AvgIpc) is 3.06. The molecule has 1 aromatic heterocycles. The Labute approximate surface area is 135 Å². The van der Waals surface area contributed by atoms with Crippen LogP contribution in [0.4, 0.5) is 5.69 Å². The van der Waals surface area contributed by atoms with Crippen molar-refractivity contribution in [3.05, 3.63) is 56.7 Å². The number of thioether (sulfide) groups is 1. The van der Waals surface area contributed by atoms with Crippen LogP contribution in [0.25, 0.3) is 17.4 Å². The van der Waals surface area contributed by atoms with E-state index in [9.17, 15) is 14.9 Å². The zero-order valence-electron chi connectivity index (χ0n) is 12.0. The number of rotatable bonds is 3. The van der Waals surface area contributed by atoms with E-state index >= 15 is 0 Å². The minimum absolute atomic E-state index is 0.0557. The molecule has 3 rings (SSSR count). The summed E-state index contributed by atoms with van der Waals surface area (Å²) in [4.78, 5) is 22.4. The Morgan fingerprint density at radius 2 is 2.13 bits per heavy atom. The summed E-state index contributed by atoms with van der Waals surface area (Å²) < 4.78 is 5.66. The molecule has 0 aliphatic carbocycles. The van der Waals surface area contributed by atoms with Gasteiger partial charge in [-0.15, -0.1) is 0 Å². The summed E-state index contributed by atoms with van der Waals surface area (Å²) in [6.45, 7) is 1.67. The lowest BCUT2D eigenvalue weighted by molar-refractivity contribution is -0.385. The molecule has 1 aromatic carbocycles. The lowest BCUT2D eigenvalue weighted by Gasteiger charge is -2.00. The lowest BCUT2D eigenvalue weighted by atomic mass is 10.1. The summed E-state index contributed by atoms with van der Waals surface area (Å²) in [5, 5.41) is 20.7. The molecular weight excluding hydrogens is 318 g/mol. The highest BCUT2D eigenvalue weighted by molar-refractivity contribution is 8.18. The van der Waals surface area contributed by atoms with Gasteiger partial charge < -0.3 is 9.73 Å². The van der Waals surface area contributed by atoms with Gasteiger partial charge in [0.25, 0.3) is 11.6 Å². The number of carbonyl (C=O) groups is 1. The van der Waals surface area contributed by atoms with E-state index in [1.807, 2.05) is 0 Å². The zero-order valence-corrected chi connectivity index (χ0v) is 12.8. The molecule has 1 aliphatic heterocycles. The molecule has 116 valence electrons. The number of nitro groups is 1. The first-order valence-corrected chi connectivity index (χ1v) is 7.40. The molecule has 2 heterocycles. The first-order chi connectivity index (χ1) is 10.9. The van der Waals surface area contributed by atoms with Gasteiger partial charge in [0.15, 0.2) is 5.17 Å². The maximum atomic E-state index is 11.6. The van der Waals surface area contributed by atoms with Crippen LogP contribution in [0, 0.1) is 22.4 Å². The fourth-order valence-electron chi connectivity index (χ4n) is 2.17. The van der Waals surface area contributed by atoms with Gasteiger partial charge in [-0.05, 0) is 43.0 Å². The number of carbonyl (C=O) groups excluding carboxylic acids is 1. The van der Waals surface area contributed by atoms with Crippen LogP contribution >= 0.6 is 11.8 Å². The Morgan fingerprint density at radius 1 is 1.35 bits per heavy atom. The van der Waals surface area contributed by atoms with Crippen molar-refractivity contribution in [1.29, 1.82) is 5.41 Å². The third kappa shape index (κ3) is 3.02. The summed E-state index contributed by atoms with van der Waals surface area (Å²) >= 11 is 1.03. The number of hydrogen-bond acceptors (Lipinski definition) is 6. The van der Waals surface area contributed by atoms with Crippen LogP contribution in [0.1, 0.15) is 11.3 Å². The number of furan rings is 1. The molecule has 0 bridgehead atoms. The maximum Gasteiger partial charge on any atom is 0.272 e. The number of amides is 1. The van der Waals surface area contributed by atoms with Gasteiger partial charge in [-0.3, -0.25) is 20.3 Å². The lowest BCUT2D eigenvalue weighted by Crippen LogP contribution is -2.18. The number of hydrogen-bond donors (Lipinski definition) is 2. The van der Waals surface area contributed by atoms with Gasteiger partial charge in [0, 0.05) is 23.3 Å². The van der Waals surface area contributed by atoms with Gasteiger partial charge >= 0.3 is 0 Å². The molecule has 2 N–H and O–H groups in total. The van der Waals surface area contributed by atoms with Gasteiger partial charge in [-0.1, -0.05) is 0 Å². The fourth-order valence-corrected chi connectivity index (χ4v) is 2.85. The van der Waals surface area contributed by atoms with Gasteiger partial charge in [-0.2, -0.15) is 0 Å². The predicted octanol–water partition coefficient (Wildman–Crippen LogP) is 3.30. The molecule has 0 spiro atoms. The topological polar surface area (TPSA) is 109 Å². The van der Waals surface area contributed by atoms with Crippen molar-refractivity contribution in [2.45, 2.75) is 6.92 Å². The quantitative estimate of drug-likeness (QED) is 0.510. The SMILES string of the molecule is Cc1cc(-c2ccc(C=C3SC(=N)NC3=O)o2)ccc1[N+](=O)[O-]. The second-order valence-corrected chi connectivity index (χ2v) is 5.91. The van der Waals surface area contributed by atoms with E-state index in [4.69, 9.17) is 9.83 Å². The maximum absolute atomic E-state index is 11.6. The minimum Gasteiger partial charge on any atom is -0.457 e. The normalized spacial score (nSPS) is 16.0. The predicted molar refractivity (Wildman–Crippen MR) is 87.0 cm³/mol. The van der Waals surface area contributed by atoms with E-state index in [2.05, 4.69) is 5.32 Å². The second-order valence-electron chi connectivity index (χ2n) is 4.85. The number of aryl methyl sites for hydroxylation is 1. The molecular formula is C15H11N3O4S. The number of nitrogens with zero attached hydrogens (tertiary/aromatic N) is 1. The fraction of sp³-hybridized carbons (Fsp3) is 0.0667. The first-order valence-electron chi connectivity index (χ1n) is 6.59. The minimum atomic E-state index is -0.429. The molecule has 7 nitrogen and oxygen atoms in total. The Hall–Kier alpha value is -2.87. The van der Waals surface area contributed by atoms with Crippen molar-refractivity contribution >= 4 is 34.6 Å². The smallest absolute Gasteiger partial charge is 0.272 e. The van der Waals surface area contributed by atoms with Gasteiger partial charge in [-0.25, -0.2) is 0 Å². The van der Waals surface area contributed by atoms with Crippen molar-refractivity contribution in [2.24, 2.45) is 0 Å². The van der Waals surface area contributed by atoms with Crippen LogP contribution in [-0.2, 0) is 4.79 Å². The van der Waals surface area contributed by atoms with Gasteiger partial charge in [0.2, 0.25) is 0 Å². The summed E-state index contributed by atoms with van der Waals surface area (Å²) in [7, 11) is 0. The molecule has 23 heavy (non-hydrogen) atoms. The summed E-state index contributed by atoms with van der Waals surface area (Å²) in [6, 6.07) is 8.17. The van der Waals surface area contributed by atoms with E-state index in [1.165, 1.54) is 6.07 Å². The summed E-state index contributed by atoms with van der Waals surface area (Å²) in [5.74, 6) is 0.695. The molecule has 0 radical (unpaired) electrons. The van der Waals surface area contributed by atoms with Crippen LogP contribution in [0.2, 0.25) is 0 Å². The highest BCUT2D eigenvalue weighted by Gasteiger charge is 2.22. The molecule has 0 saturated carbocycles. The molecule has 8 heteroatoms. The van der Waals surface area contributed by atoms with Crippen molar-refractivity contribution in [1.82, 2.24) is 5.32 Å². The zero-order chi connectivity index (χ0) is 16.6. The monoisotopic (exact) mass is 329 g/mol. The Balaban J connectivity index is 1.89. The van der Waals surface area contributed by atoms with Crippen molar-refractivity contribution in [3.8, 4) is 11.3 Å². The molecule has 1 aliphatic rings. The van der Waals surface area contributed by atoms with Crippen LogP contribution in [0.15, 0.2) is 39.7 Å². The Morgan fingerprint density at radius 3 is 2.74 bits per heavy atom. The standard InChI is InChI=1S/C15H11N3O4S/c1-8-6-9(2-4-11(8)18(20)21)12-5-3-10(22-12)7-13-14(19)17-15(16)23-13/h2-7H,1H3,(H2,16,17,19). The number of nitro benzene ring substituents is 1. The largest absolute Gasteiger partial charge is 0.457 e. The van der Waals surface area contributed by atoms with Crippen LogP contribution in [0.3, 0.4) is 0 Å². The molecule has 1 amide bonds. The third-order valence-electron chi connectivity index (χ3n) is 3.24. The molecule has 0 unspecified atom stereocenters. The van der Waals surface area contributed by atoms with Crippen LogP contribution < -0.4 is 5.32 Å². The number of nitrogens with one attached hydrogen (secondary N) is 2. The van der Waals surface area contributed by atoms with Gasteiger partial charge in [0.1, 0.15) is 11.5 Å². The molecule has 2 aromatic rings. The number of amidine groups is 1. The molecule has 1 fully saturated rings. The average molecular weight is 329 g/mol. The number of benzene rings is 1.